The van der Waals surface area contributed by atoms with Crippen molar-refractivity contribution in [3.05, 3.63) is 34.5 Å². The number of aliphatic carboxylic acids is 1. The second kappa shape index (κ2) is 7.03. The van der Waals surface area contributed by atoms with Gasteiger partial charge in [0.15, 0.2) is 0 Å². The predicted molar refractivity (Wildman–Crippen MR) is 78.1 cm³/mol. The van der Waals surface area contributed by atoms with Gasteiger partial charge < -0.3 is 15.7 Å². The lowest BCUT2D eigenvalue weighted by atomic mass is 10.1. The molecule has 1 aromatic rings. The number of amides is 2. The highest BCUT2D eigenvalue weighted by Gasteiger charge is 2.25. The molecule has 2 atom stereocenters. The minimum absolute atomic E-state index is 0.166. The van der Waals surface area contributed by atoms with E-state index in [9.17, 15) is 14.4 Å². The lowest BCUT2D eigenvalue weighted by Gasteiger charge is -2.12. The fraction of sp³-hybridized carbons (Fsp3) is 0.357. The number of carbonyl (C=O) groups excluding carboxylic acids is 2. The largest absolute Gasteiger partial charge is 0.481 e. The smallest absolute Gasteiger partial charge is 0.310 e. The van der Waals surface area contributed by atoms with Crippen molar-refractivity contribution in [3.63, 3.8) is 0 Å². The van der Waals surface area contributed by atoms with Gasteiger partial charge in [0.2, 0.25) is 5.91 Å². The Hall–Kier alpha value is -2.15. The molecule has 1 heterocycles. The highest BCUT2D eigenvalue weighted by molar-refractivity contribution is 7.12. The van der Waals surface area contributed by atoms with Crippen molar-refractivity contribution in [1.29, 1.82) is 0 Å². The second-order valence-electron chi connectivity index (χ2n) is 4.72. The van der Waals surface area contributed by atoms with Crippen molar-refractivity contribution in [3.8, 4) is 0 Å². The van der Waals surface area contributed by atoms with Crippen LogP contribution in [0, 0.1) is 5.92 Å². The molecule has 0 saturated heterocycles. The molecule has 112 valence electrons. The molecule has 2 unspecified atom stereocenters. The fourth-order valence-electron chi connectivity index (χ4n) is 2.05. The molecular weight excluding hydrogens is 292 g/mol. The number of hydrogen-bond donors (Lipinski definition) is 3. The highest BCUT2D eigenvalue weighted by Crippen LogP contribution is 2.17. The topological polar surface area (TPSA) is 95.5 Å². The third kappa shape index (κ3) is 4.42. The number of carbonyl (C=O) groups is 3. The Labute approximate surface area is 125 Å². The molecule has 0 bridgehead atoms. The maximum absolute atomic E-state index is 11.7. The molecule has 1 aliphatic rings. The molecule has 0 aromatic carbocycles. The van der Waals surface area contributed by atoms with Crippen LogP contribution in [0.15, 0.2) is 29.7 Å². The molecule has 0 fully saturated rings. The summed E-state index contributed by atoms with van der Waals surface area (Å²) in [5, 5.41) is 16.1. The Kier molecular flexibility index (Phi) is 5.10. The van der Waals surface area contributed by atoms with Crippen LogP contribution in [0.25, 0.3) is 0 Å². The quantitative estimate of drug-likeness (QED) is 0.684. The molecule has 6 nitrogen and oxygen atoms in total. The van der Waals surface area contributed by atoms with Gasteiger partial charge in [0, 0.05) is 19.0 Å². The number of hydrogen-bond acceptors (Lipinski definition) is 4. The average Bonchev–Trinajstić information content (AvgIpc) is 3.09. The van der Waals surface area contributed by atoms with Gasteiger partial charge in [-0.1, -0.05) is 18.2 Å². The average molecular weight is 308 g/mol. The van der Waals surface area contributed by atoms with Crippen molar-refractivity contribution >= 4 is 29.1 Å². The van der Waals surface area contributed by atoms with Crippen LogP contribution in [0.5, 0.6) is 0 Å². The van der Waals surface area contributed by atoms with E-state index in [-0.39, 0.29) is 30.8 Å². The number of thiophene rings is 1. The van der Waals surface area contributed by atoms with Gasteiger partial charge in [0.1, 0.15) is 0 Å². The van der Waals surface area contributed by atoms with Crippen molar-refractivity contribution < 1.29 is 19.5 Å². The summed E-state index contributed by atoms with van der Waals surface area (Å²) in [6, 6.07) is 3.26. The summed E-state index contributed by atoms with van der Waals surface area (Å²) < 4.78 is 0. The lowest BCUT2D eigenvalue weighted by molar-refractivity contribution is -0.140. The van der Waals surface area contributed by atoms with Crippen molar-refractivity contribution in [1.82, 2.24) is 10.6 Å². The van der Waals surface area contributed by atoms with E-state index in [1.54, 1.807) is 24.3 Å². The first-order chi connectivity index (χ1) is 10.1. The first kappa shape index (κ1) is 15.2. The van der Waals surface area contributed by atoms with E-state index in [4.69, 9.17) is 5.11 Å². The fourth-order valence-corrected chi connectivity index (χ4v) is 2.69. The molecule has 1 aliphatic carbocycles. The molecule has 0 saturated carbocycles. The summed E-state index contributed by atoms with van der Waals surface area (Å²) in [6.45, 7) is 0.251. The van der Waals surface area contributed by atoms with Crippen LogP contribution in [-0.4, -0.2) is 35.5 Å². The van der Waals surface area contributed by atoms with Gasteiger partial charge in [-0.15, -0.1) is 11.3 Å². The minimum atomic E-state index is -0.883. The van der Waals surface area contributed by atoms with Crippen LogP contribution in [-0.2, 0) is 9.59 Å². The lowest BCUT2D eigenvalue weighted by Crippen LogP contribution is -2.36. The van der Waals surface area contributed by atoms with E-state index in [1.807, 2.05) is 5.38 Å². The van der Waals surface area contributed by atoms with E-state index in [0.717, 1.165) is 0 Å². The van der Waals surface area contributed by atoms with E-state index >= 15 is 0 Å². The van der Waals surface area contributed by atoms with E-state index in [2.05, 4.69) is 10.6 Å². The Morgan fingerprint density at radius 1 is 1.33 bits per heavy atom. The molecule has 3 N–H and O–H groups in total. The summed E-state index contributed by atoms with van der Waals surface area (Å²) >= 11 is 1.34. The molecule has 0 spiro atoms. The van der Waals surface area contributed by atoms with Crippen molar-refractivity contribution in [2.45, 2.75) is 18.9 Å². The van der Waals surface area contributed by atoms with Gasteiger partial charge in [-0.25, -0.2) is 0 Å². The number of rotatable bonds is 6. The van der Waals surface area contributed by atoms with E-state index < -0.39 is 11.9 Å². The Balaban J connectivity index is 1.66. The van der Waals surface area contributed by atoms with Crippen LogP contribution >= 0.6 is 11.3 Å². The Morgan fingerprint density at radius 3 is 2.76 bits per heavy atom. The van der Waals surface area contributed by atoms with Gasteiger partial charge in [0.25, 0.3) is 5.91 Å². The molecule has 7 heteroatoms. The van der Waals surface area contributed by atoms with Crippen molar-refractivity contribution in [2.75, 3.05) is 6.54 Å². The van der Waals surface area contributed by atoms with Gasteiger partial charge in [-0.2, -0.15) is 0 Å². The first-order valence-corrected chi connectivity index (χ1v) is 7.46. The third-order valence-corrected chi connectivity index (χ3v) is 4.00. The highest BCUT2D eigenvalue weighted by atomic mass is 32.1. The molecular formula is C14H16N2O4S. The van der Waals surface area contributed by atoms with Gasteiger partial charge in [-0.3, -0.25) is 14.4 Å². The summed E-state index contributed by atoms with van der Waals surface area (Å²) in [5.74, 6) is -1.81. The monoisotopic (exact) mass is 308 g/mol. The Bertz CT molecular complexity index is 553. The van der Waals surface area contributed by atoms with Crippen molar-refractivity contribution in [2.24, 2.45) is 5.92 Å². The zero-order chi connectivity index (χ0) is 15.2. The first-order valence-electron chi connectivity index (χ1n) is 6.58. The summed E-state index contributed by atoms with van der Waals surface area (Å²) in [4.78, 5) is 34.7. The Morgan fingerprint density at radius 2 is 2.14 bits per heavy atom. The van der Waals surface area contributed by atoms with Crippen LogP contribution < -0.4 is 10.6 Å². The summed E-state index contributed by atoms with van der Waals surface area (Å²) in [6.07, 6.45) is 3.83. The normalized spacial score (nSPS) is 20.2. The maximum Gasteiger partial charge on any atom is 0.310 e. The van der Waals surface area contributed by atoms with Crippen LogP contribution in [0.4, 0.5) is 0 Å². The zero-order valence-electron chi connectivity index (χ0n) is 11.2. The molecule has 2 amide bonds. The summed E-state index contributed by atoms with van der Waals surface area (Å²) in [7, 11) is 0. The van der Waals surface area contributed by atoms with E-state index in [0.29, 0.717) is 11.3 Å². The molecule has 0 radical (unpaired) electrons. The van der Waals surface area contributed by atoms with Gasteiger partial charge >= 0.3 is 5.97 Å². The molecule has 2 rings (SSSR count). The van der Waals surface area contributed by atoms with Gasteiger partial charge in [0.05, 0.1) is 10.8 Å². The molecule has 21 heavy (non-hydrogen) atoms. The second-order valence-corrected chi connectivity index (χ2v) is 5.67. The number of carboxylic acids is 1. The van der Waals surface area contributed by atoms with Crippen LogP contribution in [0.2, 0.25) is 0 Å². The SMILES string of the molecule is O=C(CCNC(=O)c1cccs1)NC1C=CC(C(=O)O)C1. The van der Waals surface area contributed by atoms with E-state index in [1.165, 1.54) is 11.3 Å². The van der Waals surface area contributed by atoms with Crippen LogP contribution in [0.3, 0.4) is 0 Å². The van der Waals surface area contributed by atoms with Crippen LogP contribution in [0.1, 0.15) is 22.5 Å². The number of carboxylic acid groups (broad SMARTS) is 1. The molecule has 1 aromatic heterocycles. The maximum atomic E-state index is 11.7. The number of nitrogens with one attached hydrogen (secondary N) is 2. The molecule has 0 aliphatic heterocycles. The predicted octanol–water partition coefficient (Wildman–Crippen LogP) is 1.01. The standard InChI is InChI=1S/C14H16N2O4S/c17-12(16-10-4-3-9(8-10)14(19)20)5-6-15-13(18)11-2-1-7-21-11/h1-4,7,9-10H,5-6,8H2,(H,15,18)(H,16,17)(H,19,20). The van der Waals surface area contributed by atoms with Gasteiger partial charge in [-0.05, 0) is 17.9 Å². The minimum Gasteiger partial charge on any atom is -0.481 e. The third-order valence-electron chi connectivity index (χ3n) is 3.13. The zero-order valence-corrected chi connectivity index (χ0v) is 12.1. The summed E-state index contributed by atoms with van der Waals surface area (Å²) in [5.41, 5.74) is 0.